The van der Waals surface area contributed by atoms with E-state index >= 15 is 0 Å². The number of rotatable bonds is 7. The van der Waals surface area contributed by atoms with E-state index in [-0.39, 0.29) is 5.91 Å². The Balaban J connectivity index is 1.47. The van der Waals surface area contributed by atoms with Crippen LogP contribution in [0, 0.1) is 0 Å². The number of nitrogens with one attached hydrogen (secondary N) is 1. The van der Waals surface area contributed by atoms with Gasteiger partial charge in [-0.3, -0.25) is 9.59 Å². The lowest BCUT2D eigenvalue weighted by atomic mass is 10.2. The van der Waals surface area contributed by atoms with Gasteiger partial charge in [0.1, 0.15) is 12.4 Å². The maximum atomic E-state index is 12.2. The van der Waals surface area contributed by atoms with Crippen LogP contribution in [-0.4, -0.2) is 25.0 Å². The maximum Gasteiger partial charge on any atom is 0.261 e. The standard InChI is InChI=1S/C20H18N2O3S/c21-19(23)15-6-8-16(9-7-15)25-13-12-22-20(24)18-11-10-17(26-18)14-4-2-1-3-5-14/h1-11H,12-13H2,(H2,21,23)(H,22,24). The summed E-state index contributed by atoms with van der Waals surface area (Å²) in [7, 11) is 0. The van der Waals surface area contributed by atoms with Gasteiger partial charge >= 0.3 is 0 Å². The van der Waals surface area contributed by atoms with E-state index in [1.54, 1.807) is 24.3 Å². The molecule has 0 bridgehead atoms. The molecule has 0 saturated carbocycles. The van der Waals surface area contributed by atoms with Crippen LogP contribution in [0.25, 0.3) is 10.4 Å². The molecule has 0 fully saturated rings. The number of primary amides is 1. The van der Waals surface area contributed by atoms with Crippen LogP contribution in [-0.2, 0) is 0 Å². The van der Waals surface area contributed by atoms with Gasteiger partial charge in [0.25, 0.3) is 5.91 Å². The van der Waals surface area contributed by atoms with Crippen LogP contribution >= 0.6 is 11.3 Å². The van der Waals surface area contributed by atoms with Crippen molar-refractivity contribution in [3.8, 4) is 16.2 Å². The van der Waals surface area contributed by atoms with Crippen LogP contribution in [0.4, 0.5) is 0 Å². The lowest BCUT2D eigenvalue weighted by Gasteiger charge is -2.07. The van der Waals surface area contributed by atoms with Crippen molar-refractivity contribution in [3.05, 3.63) is 77.2 Å². The summed E-state index contributed by atoms with van der Waals surface area (Å²) in [5, 5.41) is 2.84. The topological polar surface area (TPSA) is 81.4 Å². The number of nitrogens with two attached hydrogens (primary N) is 1. The molecule has 132 valence electrons. The number of hydrogen-bond acceptors (Lipinski definition) is 4. The predicted octanol–water partition coefficient (Wildman–Crippen LogP) is 3.32. The molecule has 3 aromatic rings. The van der Waals surface area contributed by atoms with Gasteiger partial charge in [-0.05, 0) is 42.0 Å². The van der Waals surface area contributed by atoms with Crippen LogP contribution in [0.1, 0.15) is 20.0 Å². The highest BCUT2D eigenvalue weighted by Crippen LogP contribution is 2.27. The summed E-state index contributed by atoms with van der Waals surface area (Å²) in [4.78, 5) is 24.9. The lowest BCUT2D eigenvalue weighted by Crippen LogP contribution is -2.27. The van der Waals surface area contributed by atoms with Crippen molar-refractivity contribution in [1.29, 1.82) is 0 Å². The molecule has 26 heavy (non-hydrogen) atoms. The van der Waals surface area contributed by atoms with Crippen molar-refractivity contribution < 1.29 is 14.3 Å². The number of carbonyl (C=O) groups excluding carboxylic acids is 2. The molecule has 1 aromatic heterocycles. The van der Waals surface area contributed by atoms with Crippen LogP contribution in [0.2, 0.25) is 0 Å². The van der Waals surface area contributed by atoms with Crippen LogP contribution in [0.5, 0.6) is 5.75 Å². The fourth-order valence-corrected chi connectivity index (χ4v) is 3.28. The van der Waals surface area contributed by atoms with Gasteiger partial charge in [-0.15, -0.1) is 11.3 Å². The van der Waals surface area contributed by atoms with Crippen molar-refractivity contribution >= 4 is 23.2 Å². The molecule has 0 saturated heterocycles. The molecule has 3 rings (SSSR count). The summed E-state index contributed by atoms with van der Waals surface area (Å²) in [5.41, 5.74) is 6.71. The van der Waals surface area contributed by atoms with E-state index in [4.69, 9.17) is 10.5 Å². The summed E-state index contributed by atoms with van der Waals surface area (Å²) in [6, 6.07) is 20.3. The molecule has 0 aliphatic carbocycles. The predicted molar refractivity (Wildman–Crippen MR) is 103 cm³/mol. The van der Waals surface area contributed by atoms with E-state index in [1.807, 2.05) is 42.5 Å². The molecule has 6 heteroatoms. The van der Waals surface area contributed by atoms with Crippen LogP contribution in [0.15, 0.2) is 66.7 Å². The molecular weight excluding hydrogens is 348 g/mol. The van der Waals surface area contributed by atoms with Gasteiger partial charge in [0, 0.05) is 10.4 Å². The van der Waals surface area contributed by atoms with E-state index in [9.17, 15) is 9.59 Å². The molecule has 0 aliphatic rings. The van der Waals surface area contributed by atoms with E-state index in [0.717, 1.165) is 10.4 Å². The molecule has 0 radical (unpaired) electrons. The van der Waals surface area contributed by atoms with Crippen molar-refractivity contribution in [2.45, 2.75) is 0 Å². The highest BCUT2D eigenvalue weighted by Gasteiger charge is 2.09. The van der Waals surface area contributed by atoms with Gasteiger partial charge in [0.2, 0.25) is 5.91 Å². The van der Waals surface area contributed by atoms with Gasteiger partial charge < -0.3 is 15.8 Å². The highest BCUT2D eigenvalue weighted by atomic mass is 32.1. The molecule has 0 spiro atoms. The van der Waals surface area contributed by atoms with Crippen molar-refractivity contribution in [3.63, 3.8) is 0 Å². The van der Waals surface area contributed by atoms with Gasteiger partial charge in [0.05, 0.1) is 11.4 Å². The normalized spacial score (nSPS) is 10.3. The number of amides is 2. The first kappa shape index (κ1) is 17.7. The highest BCUT2D eigenvalue weighted by molar-refractivity contribution is 7.17. The Morgan fingerprint density at radius 1 is 0.962 bits per heavy atom. The lowest BCUT2D eigenvalue weighted by molar-refractivity contribution is 0.0949. The first-order valence-corrected chi connectivity index (χ1v) is 8.91. The van der Waals surface area contributed by atoms with E-state index in [1.165, 1.54) is 11.3 Å². The summed E-state index contributed by atoms with van der Waals surface area (Å²) in [6.45, 7) is 0.716. The fraction of sp³-hybridized carbons (Fsp3) is 0.100. The monoisotopic (exact) mass is 366 g/mol. The third kappa shape index (κ3) is 4.49. The SMILES string of the molecule is NC(=O)c1ccc(OCCNC(=O)c2ccc(-c3ccccc3)s2)cc1. The Kier molecular flexibility index (Phi) is 5.66. The van der Waals surface area contributed by atoms with Crippen molar-refractivity contribution in [1.82, 2.24) is 5.32 Å². The molecule has 5 nitrogen and oxygen atoms in total. The Hall–Kier alpha value is -3.12. The summed E-state index contributed by atoms with van der Waals surface area (Å²) >= 11 is 1.46. The summed E-state index contributed by atoms with van der Waals surface area (Å²) < 4.78 is 5.54. The molecule has 1 heterocycles. The molecule has 2 amide bonds. The smallest absolute Gasteiger partial charge is 0.261 e. The second-order valence-electron chi connectivity index (χ2n) is 5.52. The van der Waals surface area contributed by atoms with Crippen molar-refractivity contribution in [2.24, 2.45) is 5.73 Å². The Morgan fingerprint density at radius 2 is 1.69 bits per heavy atom. The van der Waals surface area contributed by atoms with Crippen molar-refractivity contribution in [2.75, 3.05) is 13.2 Å². The molecular formula is C20H18N2O3S. The van der Waals surface area contributed by atoms with Crippen LogP contribution < -0.4 is 15.8 Å². The van der Waals surface area contributed by atoms with E-state index in [0.29, 0.717) is 29.3 Å². The van der Waals surface area contributed by atoms with Gasteiger partial charge in [-0.1, -0.05) is 30.3 Å². The zero-order chi connectivity index (χ0) is 18.4. The Morgan fingerprint density at radius 3 is 2.38 bits per heavy atom. The number of ether oxygens (including phenoxy) is 1. The average molecular weight is 366 g/mol. The minimum absolute atomic E-state index is 0.121. The molecule has 0 unspecified atom stereocenters. The Labute approximate surface area is 155 Å². The third-order valence-corrected chi connectivity index (χ3v) is 4.82. The molecule has 3 N–H and O–H groups in total. The van der Waals surface area contributed by atoms with Gasteiger partial charge in [-0.25, -0.2) is 0 Å². The Bertz CT molecular complexity index is 889. The molecule has 0 atom stereocenters. The third-order valence-electron chi connectivity index (χ3n) is 3.68. The minimum atomic E-state index is -0.477. The maximum absolute atomic E-state index is 12.2. The zero-order valence-corrected chi connectivity index (χ0v) is 14.8. The number of benzene rings is 2. The largest absolute Gasteiger partial charge is 0.492 e. The average Bonchev–Trinajstić information content (AvgIpc) is 3.16. The molecule has 0 aliphatic heterocycles. The second-order valence-corrected chi connectivity index (χ2v) is 6.61. The second kappa shape index (κ2) is 8.31. The summed E-state index contributed by atoms with van der Waals surface area (Å²) in [5.74, 6) is 0.0197. The quantitative estimate of drug-likeness (QED) is 0.629. The van der Waals surface area contributed by atoms with E-state index < -0.39 is 5.91 Å². The van der Waals surface area contributed by atoms with E-state index in [2.05, 4.69) is 5.32 Å². The fourth-order valence-electron chi connectivity index (χ4n) is 2.35. The number of carbonyl (C=O) groups is 2. The van der Waals surface area contributed by atoms with Gasteiger partial charge in [0.15, 0.2) is 0 Å². The zero-order valence-electron chi connectivity index (χ0n) is 14.0. The number of thiophene rings is 1. The first-order valence-electron chi connectivity index (χ1n) is 8.09. The number of hydrogen-bond donors (Lipinski definition) is 2. The minimum Gasteiger partial charge on any atom is -0.492 e. The van der Waals surface area contributed by atoms with Crippen LogP contribution in [0.3, 0.4) is 0 Å². The summed E-state index contributed by atoms with van der Waals surface area (Å²) in [6.07, 6.45) is 0. The van der Waals surface area contributed by atoms with Gasteiger partial charge in [-0.2, -0.15) is 0 Å². The first-order chi connectivity index (χ1) is 12.6. The molecule has 2 aromatic carbocycles.